The van der Waals surface area contributed by atoms with Crippen LogP contribution in [-0.2, 0) is 5.75 Å². The molecule has 0 spiro atoms. The highest BCUT2D eigenvalue weighted by molar-refractivity contribution is 7.98. The van der Waals surface area contributed by atoms with Crippen molar-refractivity contribution in [2.45, 2.75) is 17.8 Å². The lowest BCUT2D eigenvalue weighted by Crippen LogP contribution is -2.01. The minimum atomic E-state index is 0.616. The predicted molar refractivity (Wildman–Crippen MR) is 127 cm³/mol. The summed E-state index contributed by atoms with van der Waals surface area (Å²) in [6.07, 6.45) is 1.70. The lowest BCUT2D eigenvalue weighted by Gasteiger charge is -2.12. The Hall–Kier alpha value is -3.36. The Labute approximate surface area is 193 Å². The minimum Gasteiger partial charge on any atom is -0.496 e. The third-order valence-corrected chi connectivity index (χ3v) is 6.73. The first-order valence-electron chi connectivity index (χ1n) is 10.00. The maximum absolute atomic E-state index is 5.66. The first-order valence-corrected chi connectivity index (χ1v) is 11.9. The molecule has 8 heteroatoms. The second kappa shape index (κ2) is 9.02. The SMILES string of the molecule is COc1ccccc1-c1nnc(SCc2coc(-c3cccs3)n2)n1-c1ccc(C)cc1. The van der Waals surface area contributed by atoms with E-state index in [-0.39, 0.29) is 0 Å². The fourth-order valence-corrected chi connectivity index (χ4v) is 4.80. The van der Waals surface area contributed by atoms with Crippen LogP contribution in [0.15, 0.2) is 81.9 Å². The van der Waals surface area contributed by atoms with Crippen LogP contribution in [0.3, 0.4) is 0 Å². The summed E-state index contributed by atoms with van der Waals surface area (Å²) in [5, 5.41) is 11.8. The zero-order chi connectivity index (χ0) is 21.9. The van der Waals surface area contributed by atoms with E-state index in [2.05, 4.69) is 50.9 Å². The number of ether oxygens (including phenoxy) is 1. The highest BCUT2D eigenvalue weighted by Gasteiger charge is 2.19. The van der Waals surface area contributed by atoms with Crippen molar-refractivity contribution >= 4 is 23.1 Å². The van der Waals surface area contributed by atoms with Crippen molar-refractivity contribution in [3.63, 3.8) is 0 Å². The molecule has 5 rings (SSSR count). The Morgan fingerprint density at radius 3 is 2.66 bits per heavy atom. The zero-order valence-electron chi connectivity index (χ0n) is 17.6. The van der Waals surface area contributed by atoms with E-state index in [4.69, 9.17) is 9.15 Å². The number of aromatic nitrogens is 4. The summed E-state index contributed by atoms with van der Waals surface area (Å²) in [6, 6.07) is 20.1. The maximum atomic E-state index is 5.66. The molecule has 0 aliphatic rings. The van der Waals surface area contributed by atoms with Gasteiger partial charge in [-0.3, -0.25) is 4.57 Å². The number of hydrogen-bond acceptors (Lipinski definition) is 7. The van der Waals surface area contributed by atoms with Crippen LogP contribution in [0.1, 0.15) is 11.3 Å². The number of aryl methyl sites for hydroxylation is 1. The summed E-state index contributed by atoms with van der Waals surface area (Å²) in [6.45, 7) is 2.07. The van der Waals surface area contributed by atoms with Crippen molar-refractivity contribution < 1.29 is 9.15 Å². The van der Waals surface area contributed by atoms with Crippen molar-refractivity contribution in [2.75, 3.05) is 7.11 Å². The summed E-state index contributed by atoms with van der Waals surface area (Å²) < 4.78 is 13.3. The lowest BCUT2D eigenvalue weighted by atomic mass is 10.1. The van der Waals surface area contributed by atoms with Gasteiger partial charge in [0.05, 0.1) is 23.2 Å². The van der Waals surface area contributed by atoms with E-state index in [1.54, 1.807) is 36.5 Å². The van der Waals surface area contributed by atoms with Gasteiger partial charge in [0.15, 0.2) is 11.0 Å². The Morgan fingerprint density at radius 1 is 1.03 bits per heavy atom. The largest absolute Gasteiger partial charge is 0.496 e. The van der Waals surface area contributed by atoms with E-state index < -0.39 is 0 Å². The van der Waals surface area contributed by atoms with Crippen LogP contribution in [0, 0.1) is 6.92 Å². The molecule has 0 unspecified atom stereocenters. The first-order chi connectivity index (χ1) is 15.7. The van der Waals surface area contributed by atoms with Gasteiger partial charge in [-0.05, 0) is 42.6 Å². The Kier molecular flexibility index (Phi) is 5.79. The fourth-order valence-electron chi connectivity index (χ4n) is 3.32. The first kappa shape index (κ1) is 20.5. The van der Waals surface area contributed by atoms with Crippen LogP contribution in [0.5, 0.6) is 5.75 Å². The fraction of sp³-hybridized carbons (Fsp3) is 0.125. The highest BCUT2D eigenvalue weighted by atomic mass is 32.2. The standard InChI is InChI=1S/C24H20N4O2S2/c1-16-9-11-18(12-10-16)28-22(19-6-3-4-7-20(19)29-2)26-27-24(28)32-15-17-14-30-23(25-17)21-8-5-13-31-21/h3-14H,15H2,1-2H3. The van der Waals surface area contributed by atoms with Gasteiger partial charge in [-0.2, -0.15) is 0 Å². The van der Waals surface area contributed by atoms with Gasteiger partial charge in [0.25, 0.3) is 0 Å². The molecule has 3 heterocycles. The molecule has 3 aromatic heterocycles. The molecule has 0 aliphatic carbocycles. The van der Waals surface area contributed by atoms with E-state index in [1.807, 2.05) is 41.8 Å². The van der Waals surface area contributed by atoms with Crippen LogP contribution in [0.4, 0.5) is 0 Å². The van der Waals surface area contributed by atoms with Crippen molar-refractivity contribution in [3.05, 3.63) is 83.6 Å². The van der Waals surface area contributed by atoms with Crippen LogP contribution >= 0.6 is 23.1 Å². The van der Waals surface area contributed by atoms with Gasteiger partial charge in [0.1, 0.15) is 12.0 Å². The van der Waals surface area contributed by atoms with Crippen molar-refractivity contribution in [1.29, 1.82) is 0 Å². The van der Waals surface area contributed by atoms with Gasteiger partial charge in [-0.25, -0.2) is 4.98 Å². The van der Waals surface area contributed by atoms with E-state index in [0.29, 0.717) is 11.6 Å². The van der Waals surface area contributed by atoms with Crippen molar-refractivity contribution in [3.8, 4) is 33.6 Å². The van der Waals surface area contributed by atoms with E-state index >= 15 is 0 Å². The molecule has 0 saturated heterocycles. The van der Waals surface area contributed by atoms with Crippen LogP contribution in [-0.4, -0.2) is 26.9 Å². The van der Waals surface area contributed by atoms with E-state index in [9.17, 15) is 0 Å². The Balaban J connectivity index is 1.49. The molecule has 6 nitrogen and oxygen atoms in total. The maximum Gasteiger partial charge on any atom is 0.236 e. The molecular formula is C24H20N4O2S2. The third-order valence-electron chi connectivity index (χ3n) is 4.91. The second-order valence-electron chi connectivity index (χ2n) is 7.09. The van der Waals surface area contributed by atoms with E-state index in [0.717, 1.165) is 38.6 Å². The molecule has 0 N–H and O–H groups in total. The van der Waals surface area contributed by atoms with Gasteiger partial charge in [-0.15, -0.1) is 21.5 Å². The van der Waals surface area contributed by atoms with Crippen molar-refractivity contribution in [1.82, 2.24) is 19.7 Å². The number of hydrogen-bond donors (Lipinski definition) is 0. The van der Waals surface area contributed by atoms with Crippen LogP contribution < -0.4 is 4.74 Å². The molecule has 0 atom stereocenters. The number of benzene rings is 2. The molecule has 0 saturated carbocycles. The molecule has 160 valence electrons. The van der Waals surface area contributed by atoms with Gasteiger partial charge in [0.2, 0.25) is 5.89 Å². The number of thiophene rings is 1. The summed E-state index contributed by atoms with van der Waals surface area (Å²) in [5.41, 5.74) is 3.93. The number of oxazole rings is 1. The predicted octanol–water partition coefficient (Wildman–Crippen LogP) is 6.26. The number of thioether (sulfide) groups is 1. The molecule has 0 fully saturated rings. The average Bonchev–Trinajstić information content (AvgIpc) is 3.59. The quantitative estimate of drug-likeness (QED) is 0.267. The zero-order valence-corrected chi connectivity index (χ0v) is 19.2. The van der Waals surface area contributed by atoms with Crippen molar-refractivity contribution in [2.24, 2.45) is 0 Å². The molecule has 0 radical (unpaired) electrons. The monoisotopic (exact) mass is 460 g/mol. The molecule has 0 bridgehead atoms. The summed E-state index contributed by atoms with van der Waals surface area (Å²) in [4.78, 5) is 5.64. The van der Waals surface area contributed by atoms with Gasteiger partial charge >= 0.3 is 0 Å². The number of para-hydroxylation sites is 1. The number of methoxy groups -OCH3 is 1. The summed E-state index contributed by atoms with van der Waals surface area (Å²) in [7, 11) is 1.66. The van der Waals surface area contributed by atoms with Crippen LogP contribution in [0.2, 0.25) is 0 Å². The lowest BCUT2D eigenvalue weighted by molar-refractivity contribution is 0.416. The van der Waals surface area contributed by atoms with E-state index in [1.165, 1.54) is 5.56 Å². The molecule has 5 aromatic rings. The highest BCUT2D eigenvalue weighted by Crippen LogP contribution is 2.34. The molecular weight excluding hydrogens is 440 g/mol. The molecule has 0 aliphatic heterocycles. The normalized spacial score (nSPS) is 11.1. The Morgan fingerprint density at radius 2 is 1.88 bits per heavy atom. The minimum absolute atomic E-state index is 0.616. The second-order valence-corrected chi connectivity index (χ2v) is 8.98. The number of rotatable bonds is 7. The topological polar surface area (TPSA) is 66.0 Å². The molecule has 32 heavy (non-hydrogen) atoms. The molecule has 2 aromatic carbocycles. The number of nitrogens with zero attached hydrogens (tertiary/aromatic N) is 4. The Bertz CT molecular complexity index is 1320. The van der Waals surface area contributed by atoms with Crippen LogP contribution in [0.25, 0.3) is 27.8 Å². The summed E-state index contributed by atoms with van der Waals surface area (Å²) in [5.74, 6) is 2.74. The summed E-state index contributed by atoms with van der Waals surface area (Å²) >= 11 is 3.18. The third kappa shape index (κ3) is 4.06. The van der Waals surface area contributed by atoms with Gasteiger partial charge in [-0.1, -0.05) is 47.7 Å². The molecule has 0 amide bonds. The van der Waals surface area contributed by atoms with Gasteiger partial charge in [0, 0.05) is 11.4 Å². The smallest absolute Gasteiger partial charge is 0.236 e. The van der Waals surface area contributed by atoms with Gasteiger partial charge < -0.3 is 9.15 Å². The average molecular weight is 461 g/mol.